The average Bonchev–Trinajstić information content (AvgIpc) is 3.36. The molecule has 0 spiro atoms. The highest BCUT2D eigenvalue weighted by molar-refractivity contribution is 5.54. The first kappa shape index (κ1) is 15.8. The van der Waals surface area contributed by atoms with Crippen molar-refractivity contribution in [2.24, 2.45) is 0 Å². The van der Waals surface area contributed by atoms with Crippen molar-refractivity contribution in [1.29, 1.82) is 0 Å². The quantitative estimate of drug-likeness (QED) is 0.555. The largest absolute Gasteiger partial charge is 0.365 e. The molecule has 0 saturated carbocycles. The number of hydrogen-bond acceptors (Lipinski definition) is 6. The third-order valence-corrected chi connectivity index (χ3v) is 4.42. The van der Waals surface area contributed by atoms with Crippen LogP contribution in [-0.4, -0.2) is 24.9 Å². The van der Waals surface area contributed by atoms with Gasteiger partial charge in [0.2, 0.25) is 5.82 Å². The number of halogens is 1. The summed E-state index contributed by atoms with van der Waals surface area (Å²) in [5, 5.41) is 8.54. The van der Waals surface area contributed by atoms with Gasteiger partial charge < -0.3 is 9.26 Å². The topological polar surface area (TPSA) is 78.9 Å². The summed E-state index contributed by atoms with van der Waals surface area (Å²) in [5.41, 5.74) is 3.05. The van der Waals surface area contributed by atoms with Gasteiger partial charge in [0.05, 0.1) is 18.8 Å². The summed E-state index contributed by atoms with van der Waals surface area (Å²) in [6, 6.07) is 13.7. The molecule has 1 unspecified atom stereocenters. The van der Waals surface area contributed by atoms with Gasteiger partial charge in [-0.1, -0.05) is 23.4 Å². The molecule has 3 aromatic heterocycles. The summed E-state index contributed by atoms with van der Waals surface area (Å²) in [5.74, 6) is 0.477. The van der Waals surface area contributed by atoms with Crippen LogP contribution >= 0.6 is 0 Å². The van der Waals surface area contributed by atoms with Crippen LogP contribution in [0.2, 0.25) is 0 Å². The summed E-state index contributed by atoms with van der Waals surface area (Å²) in [4.78, 5) is 8.60. The molecule has 1 aliphatic rings. The molecule has 0 bridgehead atoms. The van der Waals surface area contributed by atoms with Gasteiger partial charge in [-0.25, -0.2) is 4.39 Å². The van der Waals surface area contributed by atoms with Gasteiger partial charge in [0.15, 0.2) is 5.69 Å². The summed E-state index contributed by atoms with van der Waals surface area (Å²) in [6.07, 6.45) is 1.49. The van der Waals surface area contributed by atoms with Crippen molar-refractivity contribution in [2.75, 3.05) is 0 Å². The predicted molar refractivity (Wildman–Crippen MR) is 92.7 cm³/mol. The first-order valence-corrected chi connectivity index (χ1v) is 8.45. The van der Waals surface area contributed by atoms with Crippen LogP contribution < -0.4 is 0 Å². The molecule has 1 atom stereocenters. The second-order valence-corrected chi connectivity index (χ2v) is 6.19. The Kier molecular flexibility index (Phi) is 3.75. The van der Waals surface area contributed by atoms with E-state index in [2.05, 4.69) is 20.2 Å². The van der Waals surface area contributed by atoms with Crippen molar-refractivity contribution in [2.45, 2.75) is 19.3 Å². The first-order chi connectivity index (χ1) is 13.3. The molecular weight excluding hydrogens is 349 g/mol. The van der Waals surface area contributed by atoms with Gasteiger partial charge in [-0.05, 0) is 35.9 Å². The Morgan fingerprint density at radius 2 is 1.96 bits per heavy atom. The summed E-state index contributed by atoms with van der Waals surface area (Å²) in [7, 11) is 0. The van der Waals surface area contributed by atoms with Gasteiger partial charge in [0.25, 0.3) is 5.89 Å². The fraction of sp³-hybridized carbons (Fsp3) is 0.158. The molecule has 0 N–H and O–H groups in total. The average molecular weight is 363 g/mol. The fourth-order valence-corrected chi connectivity index (χ4v) is 3.04. The zero-order chi connectivity index (χ0) is 18.2. The lowest BCUT2D eigenvalue weighted by molar-refractivity contribution is -0.00116. The van der Waals surface area contributed by atoms with Gasteiger partial charge >= 0.3 is 0 Å². The van der Waals surface area contributed by atoms with E-state index in [-0.39, 0.29) is 11.9 Å². The van der Waals surface area contributed by atoms with Crippen molar-refractivity contribution in [1.82, 2.24) is 24.9 Å². The molecule has 7 nitrogen and oxygen atoms in total. The Morgan fingerprint density at radius 1 is 1.07 bits per heavy atom. The Hall–Kier alpha value is -3.39. The van der Waals surface area contributed by atoms with E-state index in [0.29, 0.717) is 36.3 Å². The van der Waals surface area contributed by atoms with Gasteiger partial charge in [0, 0.05) is 6.20 Å². The number of nitrogens with zero attached hydrogens (tertiary/aromatic N) is 5. The molecule has 8 heteroatoms. The lowest BCUT2D eigenvalue weighted by Gasteiger charge is -2.24. The number of benzene rings is 1. The zero-order valence-electron chi connectivity index (χ0n) is 14.1. The molecule has 134 valence electrons. The van der Waals surface area contributed by atoms with Gasteiger partial charge in [0.1, 0.15) is 17.6 Å². The van der Waals surface area contributed by atoms with E-state index >= 15 is 0 Å². The first-order valence-electron chi connectivity index (χ1n) is 8.45. The van der Waals surface area contributed by atoms with E-state index in [1.165, 1.54) is 12.1 Å². The summed E-state index contributed by atoms with van der Waals surface area (Å²) < 4.78 is 26.2. The molecule has 5 rings (SSSR count). The molecule has 0 aliphatic carbocycles. The van der Waals surface area contributed by atoms with Crippen molar-refractivity contribution in [3.05, 3.63) is 71.8 Å². The number of aromatic nitrogens is 5. The minimum absolute atomic E-state index is 0.183. The van der Waals surface area contributed by atoms with E-state index in [0.717, 1.165) is 11.3 Å². The molecule has 0 amide bonds. The van der Waals surface area contributed by atoms with E-state index in [1.54, 1.807) is 18.3 Å². The third kappa shape index (κ3) is 3.00. The summed E-state index contributed by atoms with van der Waals surface area (Å²) in [6.45, 7) is 0.929. The van der Waals surface area contributed by atoms with Crippen LogP contribution in [0.1, 0.15) is 17.4 Å². The number of hydrogen-bond donors (Lipinski definition) is 0. The number of rotatable bonds is 3. The lowest BCUT2D eigenvalue weighted by Crippen LogP contribution is -2.21. The standard InChI is InChI=1S/C19H14FN5O2/c20-13-6-4-12(5-7-13)17-10-25-14(11-26-17)9-16(23-25)19-22-18(24-27-19)15-3-1-2-8-21-15/h1-9,17H,10-11H2. The van der Waals surface area contributed by atoms with E-state index in [1.807, 2.05) is 28.9 Å². The molecular formula is C19H14FN5O2. The van der Waals surface area contributed by atoms with E-state index in [9.17, 15) is 4.39 Å². The second kappa shape index (κ2) is 6.40. The molecule has 0 saturated heterocycles. The highest BCUT2D eigenvalue weighted by Gasteiger charge is 2.24. The minimum Gasteiger partial charge on any atom is -0.365 e. The number of ether oxygens (including phenoxy) is 1. The summed E-state index contributed by atoms with van der Waals surface area (Å²) >= 11 is 0. The van der Waals surface area contributed by atoms with Crippen molar-refractivity contribution >= 4 is 0 Å². The zero-order valence-corrected chi connectivity index (χ0v) is 14.1. The van der Waals surface area contributed by atoms with Crippen LogP contribution in [0.15, 0.2) is 59.3 Å². The number of pyridine rings is 1. The predicted octanol–water partition coefficient (Wildman–Crippen LogP) is 3.41. The maximum Gasteiger partial charge on any atom is 0.278 e. The Labute approximate surface area is 153 Å². The van der Waals surface area contributed by atoms with Gasteiger partial charge in [-0.3, -0.25) is 9.67 Å². The molecule has 4 heterocycles. The monoisotopic (exact) mass is 363 g/mol. The van der Waals surface area contributed by atoms with Gasteiger partial charge in [-0.2, -0.15) is 10.1 Å². The van der Waals surface area contributed by atoms with Crippen LogP contribution in [0.5, 0.6) is 0 Å². The fourth-order valence-electron chi connectivity index (χ4n) is 3.04. The smallest absolute Gasteiger partial charge is 0.278 e. The highest BCUT2D eigenvalue weighted by atomic mass is 19.1. The van der Waals surface area contributed by atoms with Crippen LogP contribution in [0.25, 0.3) is 23.1 Å². The van der Waals surface area contributed by atoms with Crippen LogP contribution in [0.4, 0.5) is 4.39 Å². The minimum atomic E-state index is -0.267. The maximum absolute atomic E-state index is 13.1. The maximum atomic E-state index is 13.1. The molecule has 27 heavy (non-hydrogen) atoms. The van der Waals surface area contributed by atoms with Crippen LogP contribution in [0.3, 0.4) is 0 Å². The normalized spacial score (nSPS) is 16.3. The molecule has 0 radical (unpaired) electrons. The number of fused-ring (bicyclic) bond motifs is 1. The van der Waals surface area contributed by atoms with Gasteiger partial charge in [-0.15, -0.1) is 0 Å². The second-order valence-electron chi connectivity index (χ2n) is 6.19. The van der Waals surface area contributed by atoms with Crippen LogP contribution in [0, 0.1) is 5.82 Å². The molecule has 1 aromatic carbocycles. The van der Waals surface area contributed by atoms with Crippen molar-refractivity contribution in [3.63, 3.8) is 0 Å². The SMILES string of the molecule is Fc1ccc(C2Cn3nc(-c4nc(-c5ccccn5)no4)cc3CO2)cc1. The molecule has 0 fully saturated rings. The Balaban J connectivity index is 1.40. The molecule has 4 aromatic rings. The van der Waals surface area contributed by atoms with Crippen molar-refractivity contribution in [3.8, 4) is 23.1 Å². The van der Waals surface area contributed by atoms with Crippen LogP contribution in [-0.2, 0) is 17.9 Å². The Bertz CT molecular complexity index is 1080. The van der Waals surface area contributed by atoms with Crippen molar-refractivity contribution < 1.29 is 13.7 Å². The van der Waals surface area contributed by atoms with E-state index < -0.39 is 0 Å². The lowest BCUT2D eigenvalue weighted by atomic mass is 10.1. The van der Waals surface area contributed by atoms with E-state index in [4.69, 9.17) is 9.26 Å². The molecule has 1 aliphatic heterocycles. The highest BCUT2D eigenvalue weighted by Crippen LogP contribution is 2.29. The third-order valence-electron chi connectivity index (χ3n) is 4.42. The Morgan fingerprint density at radius 3 is 2.78 bits per heavy atom.